The van der Waals surface area contributed by atoms with Crippen LogP contribution in [0, 0.1) is 0 Å². The second kappa shape index (κ2) is 6.73. The number of rotatable bonds is 5. The molecule has 0 spiro atoms. The molecular weight excluding hydrogens is 299 g/mol. The van der Waals surface area contributed by atoms with E-state index in [0.29, 0.717) is 33.9 Å². The van der Waals surface area contributed by atoms with Crippen molar-refractivity contribution in [2.75, 3.05) is 14.2 Å². The molecule has 20 heavy (non-hydrogen) atoms. The van der Waals surface area contributed by atoms with Gasteiger partial charge in [0.2, 0.25) is 0 Å². The Morgan fingerprint density at radius 3 is 2.30 bits per heavy atom. The van der Waals surface area contributed by atoms with Crippen molar-refractivity contribution in [1.82, 2.24) is 0 Å². The molecule has 106 valence electrons. The van der Waals surface area contributed by atoms with Crippen LogP contribution in [0.2, 0.25) is 10.0 Å². The summed E-state index contributed by atoms with van der Waals surface area (Å²) in [7, 11) is 3.19. The number of benzene rings is 2. The standard InChI is InChI=1S/C15H14Cl2O3/c1-18-13-6-3-10(7-15(13)19-2)9-20-14-8-11(16)4-5-12(14)17/h3-8H,9H2,1-2H3. The highest BCUT2D eigenvalue weighted by atomic mass is 35.5. The van der Waals surface area contributed by atoms with Crippen LogP contribution in [0.15, 0.2) is 36.4 Å². The Morgan fingerprint density at radius 1 is 0.850 bits per heavy atom. The Bertz CT molecular complexity index is 600. The third kappa shape index (κ3) is 3.50. The zero-order valence-corrected chi connectivity index (χ0v) is 12.7. The van der Waals surface area contributed by atoms with Gasteiger partial charge in [0.1, 0.15) is 12.4 Å². The molecule has 0 N–H and O–H groups in total. The highest BCUT2D eigenvalue weighted by molar-refractivity contribution is 6.34. The second-order valence-electron chi connectivity index (χ2n) is 4.05. The van der Waals surface area contributed by atoms with E-state index in [2.05, 4.69) is 0 Å². The topological polar surface area (TPSA) is 27.7 Å². The fourth-order valence-corrected chi connectivity index (χ4v) is 2.05. The SMILES string of the molecule is COc1ccc(COc2cc(Cl)ccc2Cl)cc1OC. The normalized spacial score (nSPS) is 10.2. The van der Waals surface area contributed by atoms with E-state index in [4.69, 9.17) is 37.4 Å². The molecule has 0 atom stereocenters. The van der Waals surface area contributed by atoms with Crippen LogP contribution < -0.4 is 14.2 Å². The Balaban J connectivity index is 2.12. The van der Waals surface area contributed by atoms with Crippen LogP contribution in [0.25, 0.3) is 0 Å². The molecule has 2 rings (SSSR count). The van der Waals surface area contributed by atoms with Crippen molar-refractivity contribution in [1.29, 1.82) is 0 Å². The lowest BCUT2D eigenvalue weighted by Crippen LogP contribution is -1.98. The van der Waals surface area contributed by atoms with Crippen LogP contribution in [0.5, 0.6) is 17.2 Å². The summed E-state index contributed by atoms with van der Waals surface area (Å²) >= 11 is 12.0. The van der Waals surface area contributed by atoms with Gasteiger partial charge in [-0.3, -0.25) is 0 Å². The molecule has 0 unspecified atom stereocenters. The van der Waals surface area contributed by atoms with Crippen LogP contribution in [0.3, 0.4) is 0 Å². The van der Waals surface area contributed by atoms with Crippen molar-refractivity contribution in [2.45, 2.75) is 6.61 Å². The van der Waals surface area contributed by atoms with Gasteiger partial charge in [0.25, 0.3) is 0 Å². The summed E-state index contributed by atoms with van der Waals surface area (Å²) in [5.41, 5.74) is 0.943. The highest BCUT2D eigenvalue weighted by Crippen LogP contribution is 2.30. The number of ether oxygens (including phenoxy) is 3. The van der Waals surface area contributed by atoms with Gasteiger partial charge in [0.05, 0.1) is 19.2 Å². The first-order valence-corrected chi connectivity index (χ1v) is 6.68. The average molecular weight is 313 g/mol. The van der Waals surface area contributed by atoms with Crippen LogP contribution in [-0.2, 0) is 6.61 Å². The molecule has 0 aliphatic heterocycles. The quantitative estimate of drug-likeness (QED) is 0.808. The maximum absolute atomic E-state index is 6.04. The first-order chi connectivity index (χ1) is 9.63. The predicted octanol–water partition coefficient (Wildman–Crippen LogP) is 4.59. The minimum Gasteiger partial charge on any atom is -0.493 e. The van der Waals surface area contributed by atoms with Gasteiger partial charge in [-0.2, -0.15) is 0 Å². The van der Waals surface area contributed by atoms with Gasteiger partial charge in [-0.05, 0) is 29.8 Å². The van der Waals surface area contributed by atoms with E-state index in [1.54, 1.807) is 32.4 Å². The monoisotopic (exact) mass is 312 g/mol. The Hall–Kier alpha value is -1.58. The minimum absolute atomic E-state index is 0.362. The molecule has 3 nitrogen and oxygen atoms in total. The van der Waals surface area contributed by atoms with Gasteiger partial charge in [-0.25, -0.2) is 0 Å². The molecule has 0 amide bonds. The molecule has 2 aromatic rings. The zero-order chi connectivity index (χ0) is 14.5. The number of halogens is 2. The van der Waals surface area contributed by atoms with Crippen molar-refractivity contribution >= 4 is 23.2 Å². The van der Waals surface area contributed by atoms with Crippen molar-refractivity contribution < 1.29 is 14.2 Å². The smallest absolute Gasteiger partial charge is 0.161 e. The van der Waals surface area contributed by atoms with Crippen LogP contribution in [0.1, 0.15) is 5.56 Å². The molecule has 0 bridgehead atoms. The van der Waals surface area contributed by atoms with Crippen molar-refractivity contribution in [3.8, 4) is 17.2 Å². The van der Waals surface area contributed by atoms with Crippen LogP contribution >= 0.6 is 23.2 Å². The summed E-state index contributed by atoms with van der Waals surface area (Å²) < 4.78 is 16.1. The van der Waals surface area contributed by atoms with E-state index in [0.717, 1.165) is 5.56 Å². The van der Waals surface area contributed by atoms with E-state index in [9.17, 15) is 0 Å². The molecule has 0 aromatic heterocycles. The molecule has 0 saturated carbocycles. The van der Waals surface area contributed by atoms with E-state index in [1.807, 2.05) is 18.2 Å². The lowest BCUT2D eigenvalue weighted by atomic mass is 10.2. The third-order valence-corrected chi connectivity index (χ3v) is 3.28. The van der Waals surface area contributed by atoms with Gasteiger partial charge in [0.15, 0.2) is 11.5 Å². The molecule has 0 aliphatic rings. The van der Waals surface area contributed by atoms with Gasteiger partial charge >= 0.3 is 0 Å². The number of methoxy groups -OCH3 is 2. The Kier molecular flexibility index (Phi) is 4.99. The Labute approximate surface area is 128 Å². The fraction of sp³-hybridized carbons (Fsp3) is 0.200. The van der Waals surface area contributed by atoms with E-state index >= 15 is 0 Å². The zero-order valence-electron chi connectivity index (χ0n) is 11.2. The van der Waals surface area contributed by atoms with E-state index in [-0.39, 0.29) is 0 Å². The van der Waals surface area contributed by atoms with Gasteiger partial charge in [0, 0.05) is 11.1 Å². The largest absolute Gasteiger partial charge is 0.493 e. The summed E-state index contributed by atoms with van der Waals surface area (Å²) in [6.45, 7) is 0.362. The van der Waals surface area contributed by atoms with Crippen LogP contribution in [-0.4, -0.2) is 14.2 Å². The molecule has 0 fully saturated rings. The van der Waals surface area contributed by atoms with Crippen molar-refractivity contribution in [3.05, 3.63) is 52.0 Å². The van der Waals surface area contributed by atoms with Crippen molar-refractivity contribution in [3.63, 3.8) is 0 Å². The lowest BCUT2D eigenvalue weighted by molar-refractivity contribution is 0.304. The molecule has 2 aromatic carbocycles. The van der Waals surface area contributed by atoms with Gasteiger partial charge in [-0.1, -0.05) is 29.3 Å². The maximum atomic E-state index is 6.04. The fourth-order valence-electron chi connectivity index (χ4n) is 1.72. The summed E-state index contributed by atoms with van der Waals surface area (Å²) in [6.07, 6.45) is 0. The van der Waals surface area contributed by atoms with Crippen LogP contribution in [0.4, 0.5) is 0 Å². The predicted molar refractivity (Wildman–Crippen MR) is 80.3 cm³/mol. The number of hydrogen-bond acceptors (Lipinski definition) is 3. The first-order valence-electron chi connectivity index (χ1n) is 5.93. The molecule has 0 heterocycles. The first kappa shape index (κ1) is 14.8. The van der Waals surface area contributed by atoms with Gasteiger partial charge in [-0.15, -0.1) is 0 Å². The van der Waals surface area contributed by atoms with Crippen molar-refractivity contribution in [2.24, 2.45) is 0 Å². The summed E-state index contributed by atoms with van der Waals surface area (Å²) in [5, 5.41) is 1.10. The summed E-state index contributed by atoms with van der Waals surface area (Å²) in [4.78, 5) is 0. The molecule has 0 aliphatic carbocycles. The van der Waals surface area contributed by atoms with E-state index < -0.39 is 0 Å². The maximum Gasteiger partial charge on any atom is 0.161 e. The average Bonchev–Trinajstić information content (AvgIpc) is 2.47. The summed E-state index contributed by atoms with van der Waals surface area (Å²) in [6, 6.07) is 10.7. The lowest BCUT2D eigenvalue weighted by Gasteiger charge is -2.11. The highest BCUT2D eigenvalue weighted by Gasteiger charge is 2.07. The second-order valence-corrected chi connectivity index (χ2v) is 4.90. The number of hydrogen-bond donors (Lipinski definition) is 0. The molecule has 0 radical (unpaired) electrons. The molecular formula is C15H14Cl2O3. The molecule has 5 heteroatoms. The minimum atomic E-state index is 0.362. The third-order valence-electron chi connectivity index (χ3n) is 2.74. The van der Waals surface area contributed by atoms with Gasteiger partial charge < -0.3 is 14.2 Å². The summed E-state index contributed by atoms with van der Waals surface area (Å²) in [5.74, 6) is 1.89. The van der Waals surface area contributed by atoms with E-state index in [1.165, 1.54) is 0 Å². The molecule has 0 saturated heterocycles. The Morgan fingerprint density at radius 2 is 1.60 bits per heavy atom.